The van der Waals surface area contributed by atoms with Crippen LogP contribution in [0.2, 0.25) is 0 Å². The summed E-state index contributed by atoms with van der Waals surface area (Å²) in [6, 6.07) is 4.97. The van der Waals surface area contributed by atoms with Gasteiger partial charge in [-0.3, -0.25) is 4.90 Å². The Morgan fingerprint density at radius 1 is 1.22 bits per heavy atom. The summed E-state index contributed by atoms with van der Waals surface area (Å²) in [4.78, 5) is 4.31. The number of benzene rings is 1. The van der Waals surface area contributed by atoms with Crippen molar-refractivity contribution in [2.75, 3.05) is 40.8 Å². The number of hydrogen-bond acceptors (Lipinski definition) is 3. The van der Waals surface area contributed by atoms with Gasteiger partial charge in [-0.05, 0) is 51.3 Å². The molecule has 0 radical (unpaired) electrons. The Morgan fingerprint density at radius 3 is 2.44 bits per heavy atom. The van der Waals surface area contributed by atoms with Gasteiger partial charge in [-0.1, -0.05) is 6.07 Å². The maximum absolute atomic E-state index is 13.4. The highest BCUT2D eigenvalue weighted by Crippen LogP contribution is 2.22. The number of nitrogens with two attached hydrogens (primary N) is 1. The summed E-state index contributed by atoms with van der Waals surface area (Å²) in [7, 11) is 6.11. The second kappa shape index (κ2) is 6.83. The summed E-state index contributed by atoms with van der Waals surface area (Å²) in [6.07, 6.45) is 0. The van der Waals surface area contributed by atoms with Gasteiger partial charge in [0.15, 0.2) is 0 Å². The van der Waals surface area contributed by atoms with Crippen LogP contribution < -0.4 is 5.73 Å². The van der Waals surface area contributed by atoms with Crippen LogP contribution in [0.3, 0.4) is 0 Å². The summed E-state index contributed by atoms with van der Waals surface area (Å²) < 4.78 is 13.4. The van der Waals surface area contributed by atoms with Crippen molar-refractivity contribution in [2.24, 2.45) is 5.73 Å². The molecule has 0 heterocycles. The van der Waals surface area contributed by atoms with Crippen LogP contribution in [0.15, 0.2) is 18.2 Å². The van der Waals surface area contributed by atoms with Crippen molar-refractivity contribution in [2.45, 2.75) is 13.0 Å². The summed E-state index contributed by atoms with van der Waals surface area (Å²) in [5, 5.41) is 0. The Labute approximate surface area is 109 Å². The molecule has 0 aliphatic carbocycles. The van der Waals surface area contributed by atoms with E-state index in [9.17, 15) is 4.39 Å². The molecule has 0 aromatic heterocycles. The van der Waals surface area contributed by atoms with Gasteiger partial charge in [0, 0.05) is 25.7 Å². The van der Waals surface area contributed by atoms with Gasteiger partial charge < -0.3 is 10.6 Å². The average Bonchev–Trinajstić information content (AvgIpc) is 2.32. The molecule has 1 atom stereocenters. The van der Waals surface area contributed by atoms with Crippen LogP contribution in [0.4, 0.5) is 4.39 Å². The quantitative estimate of drug-likeness (QED) is 0.836. The smallest absolute Gasteiger partial charge is 0.123 e. The molecule has 2 N–H and O–H groups in total. The van der Waals surface area contributed by atoms with Crippen molar-refractivity contribution in [3.63, 3.8) is 0 Å². The third-order valence-corrected chi connectivity index (χ3v) is 3.26. The van der Waals surface area contributed by atoms with E-state index < -0.39 is 0 Å². The van der Waals surface area contributed by atoms with Gasteiger partial charge in [0.25, 0.3) is 0 Å². The molecule has 18 heavy (non-hydrogen) atoms. The highest BCUT2D eigenvalue weighted by molar-refractivity contribution is 5.29. The minimum atomic E-state index is -0.199. The molecule has 0 amide bonds. The Morgan fingerprint density at radius 2 is 1.89 bits per heavy atom. The van der Waals surface area contributed by atoms with E-state index >= 15 is 0 Å². The Balaban J connectivity index is 2.84. The summed E-state index contributed by atoms with van der Waals surface area (Å²) in [5.41, 5.74) is 7.92. The van der Waals surface area contributed by atoms with Crippen molar-refractivity contribution >= 4 is 0 Å². The van der Waals surface area contributed by atoms with Gasteiger partial charge in [-0.25, -0.2) is 4.39 Å². The zero-order valence-corrected chi connectivity index (χ0v) is 11.8. The van der Waals surface area contributed by atoms with Crippen LogP contribution in [0.5, 0.6) is 0 Å². The van der Waals surface area contributed by atoms with E-state index in [4.69, 9.17) is 5.73 Å². The van der Waals surface area contributed by atoms with Crippen molar-refractivity contribution < 1.29 is 4.39 Å². The third kappa shape index (κ3) is 4.05. The molecule has 102 valence electrons. The fourth-order valence-electron chi connectivity index (χ4n) is 2.03. The number of hydrogen-bond donors (Lipinski definition) is 1. The van der Waals surface area contributed by atoms with Gasteiger partial charge in [0.05, 0.1) is 0 Å². The Hall–Kier alpha value is -0.970. The number of likely N-dealkylation sites (N-methyl/N-ethyl adjacent to an activating group) is 2. The van der Waals surface area contributed by atoms with Crippen LogP contribution in [0.1, 0.15) is 17.2 Å². The number of halogens is 1. The predicted molar refractivity (Wildman–Crippen MR) is 74.1 cm³/mol. The molecule has 0 saturated heterocycles. The molecule has 0 fully saturated rings. The first-order chi connectivity index (χ1) is 8.45. The lowest BCUT2D eigenvalue weighted by Gasteiger charge is -2.29. The van der Waals surface area contributed by atoms with E-state index in [-0.39, 0.29) is 11.9 Å². The standard InChI is InChI=1S/C14H24FN3/c1-11-5-6-12(15)9-13(11)14(10-16)18(4)8-7-17(2)3/h5-6,9,14H,7-8,10,16H2,1-4H3. The Bertz CT molecular complexity index is 379. The highest BCUT2D eigenvalue weighted by atomic mass is 19.1. The molecule has 1 unspecified atom stereocenters. The molecule has 1 aromatic rings. The minimum absolute atomic E-state index is 0.0700. The van der Waals surface area contributed by atoms with Crippen molar-refractivity contribution in [1.82, 2.24) is 9.80 Å². The normalized spacial score (nSPS) is 13.3. The minimum Gasteiger partial charge on any atom is -0.329 e. The molecule has 0 aliphatic heterocycles. The number of aryl methyl sites for hydroxylation is 1. The summed E-state index contributed by atoms with van der Waals surface area (Å²) in [6.45, 7) is 4.36. The van der Waals surface area contributed by atoms with Crippen molar-refractivity contribution in [1.29, 1.82) is 0 Å². The SMILES string of the molecule is Cc1ccc(F)cc1C(CN)N(C)CCN(C)C. The second-order valence-electron chi connectivity index (χ2n) is 5.04. The van der Waals surface area contributed by atoms with Gasteiger partial charge in [0.2, 0.25) is 0 Å². The number of nitrogens with zero attached hydrogens (tertiary/aromatic N) is 2. The monoisotopic (exact) mass is 253 g/mol. The van der Waals surface area contributed by atoms with E-state index in [1.54, 1.807) is 6.07 Å². The zero-order valence-electron chi connectivity index (χ0n) is 11.8. The maximum atomic E-state index is 13.4. The highest BCUT2D eigenvalue weighted by Gasteiger charge is 2.17. The summed E-state index contributed by atoms with van der Waals surface area (Å²) in [5.74, 6) is -0.199. The lowest BCUT2D eigenvalue weighted by atomic mass is 10.00. The topological polar surface area (TPSA) is 32.5 Å². The molecule has 3 nitrogen and oxygen atoms in total. The first-order valence-corrected chi connectivity index (χ1v) is 6.26. The average molecular weight is 253 g/mol. The zero-order chi connectivity index (χ0) is 13.7. The lowest BCUT2D eigenvalue weighted by Crippen LogP contribution is -2.35. The molecular formula is C14H24FN3. The van der Waals surface area contributed by atoms with E-state index in [0.717, 1.165) is 24.2 Å². The lowest BCUT2D eigenvalue weighted by molar-refractivity contribution is 0.222. The fraction of sp³-hybridized carbons (Fsp3) is 0.571. The maximum Gasteiger partial charge on any atom is 0.123 e. The summed E-state index contributed by atoms with van der Waals surface area (Å²) >= 11 is 0. The van der Waals surface area contributed by atoms with E-state index in [2.05, 4.69) is 9.80 Å². The van der Waals surface area contributed by atoms with Gasteiger partial charge in [-0.2, -0.15) is 0 Å². The predicted octanol–water partition coefficient (Wildman–Crippen LogP) is 1.63. The van der Waals surface area contributed by atoms with Gasteiger partial charge in [-0.15, -0.1) is 0 Å². The fourth-order valence-corrected chi connectivity index (χ4v) is 2.03. The van der Waals surface area contributed by atoms with Crippen LogP contribution in [0.25, 0.3) is 0 Å². The van der Waals surface area contributed by atoms with E-state index in [1.165, 1.54) is 6.07 Å². The molecule has 0 aliphatic rings. The van der Waals surface area contributed by atoms with E-state index in [0.29, 0.717) is 6.54 Å². The first kappa shape index (κ1) is 15.1. The molecule has 0 saturated carbocycles. The molecule has 0 bridgehead atoms. The molecular weight excluding hydrogens is 229 g/mol. The van der Waals surface area contributed by atoms with Gasteiger partial charge in [0.1, 0.15) is 5.82 Å². The second-order valence-corrected chi connectivity index (χ2v) is 5.04. The largest absolute Gasteiger partial charge is 0.329 e. The molecule has 0 spiro atoms. The van der Waals surface area contributed by atoms with Crippen LogP contribution in [-0.4, -0.2) is 50.6 Å². The van der Waals surface area contributed by atoms with Crippen LogP contribution in [-0.2, 0) is 0 Å². The molecule has 1 rings (SSSR count). The number of rotatable bonds is 6. The van der Waals surface area contributed by atoms with Crippen LogP contribution >= 0.6 is 0 Å². The van der Waals surface area contributed by atoms with Crippen LogP contribution in [0, 0.1) is 12.7 Å². The Kier molecular flexibility index (Phi) is 5.72. The van der Waals surface area contributed by atoms with Crippen molar-refractivity contribution in [3.8, 4) is 0 Å². The molecule has 1 aromatic carbocycles. The van der Waals surface area contributed by atoms with Gasteiger partial charge >= 0.3 is 0 Å². The first-order valence-electron chi connectivity index (χ1n) is 6.26. The third-order valence-electron chi connectivity index (χ3n) is 3.26. The molecule has 4 heteroatoms. The van der Waals surface area contributed by atoms with E-state index in [1.807, 2.05) is 34.1 Å². The van der Waals surface area contributed by atoms with Crippen molar-refractivity contribution in [3.05, 3.63) is 35.1 Å².